The van der Waals surface area contributed by atoms with Gasteiger partial charge in [0.05, 0.1) is 11.2 Å². The molecule has 0 aromatic rings. The number of amides is 2. The van der Waals surface area contributed by atoms with Gasteiger partial charge >= 0.3 is 12.2 Å². The van der Waals surface area contributed by atoms with E-state index in [2.05, 4.69) is 32.7 Å². The number of hydrogen-bond donors (Lipinski definition) is 4. The number of hydrogen-bond acceptors (Lipinski definition) is 10. The molecular weight excluding hydrogens is 653 g/mol. The normalized spacial score (nSPS) is 15.9. The first-order chi connectivity index (χ1) is 20.4. The minimum absolute atomic E-state index is 0. The van der Waals surface area contributed by atoms with Crippen molar-refractivity contribution in [2.45, 2.75) is 112 Å². The molecule has 16 heteroatoms. The quantitative estimate of drug-likeness (QED) is 0.151. The zero-order valence-electron chi connectivity index (χ0n) is 27.4. The van der Waals surface area contributed by atoms with Crippen LogP contribution in [-0.4, -0.2) is 104 Å². The molecule has 12 nitrogen and oxygen atoms in total. The monoisotopic (exact) mass is 708 g/mol. The third-order valence-electron chi connectivity index (χ3n) is 5.63. The Balaban J connectivity index is 0. The lowest BCUT2D eigenvalue weighted by Gasteiger charge is -2.33. The summed E-state index contributed by atoms with van der Waals surface area (Å²) >= 11 is 12.6. The molecule has 0 atom stereocenters. The maximum absolute atomic E-state index is 12.0. The molecule has 6 N–H and O–H groups in total. The van der Waals surface area contributed by atoms with Crippen LogP contribution >= 0.6 is 48.0 Å². The van der Waals surface area contributed by atoms with Crippen LogP contribution in [0.5, 0.6) is 0 Å². The van der Waals surface area contributed by atoms with E-state index in [1.807, 2.05) is 55.4 Å². The summed E-state index contributed by atoms with van der Waals surface area (Å²) in [6, 6.07) is 0.436. The number of piperidine rings is 2. The minimum atomic E-state index is -0.461. The number of carbonyl (C=O) groups excluding carboxylic acids is 2. The van der Waals surface area contributed by atoms with Crippen molar-refractivity contribution < 1.29 is 19.1 Å². The van der Waals surface area contributed by atoms with Crippen molar-refractivity contribution in [3.8, 4) is 0 Å². The van der Waals surface area contributed by atoms with Crippen LogP contribution in [0.2, 0.25) is 0 Å². The lowest BCUT2D eigenvalue weighted by molar-refractivity contribution is 0.0194. The highest BCUT2D eigenvalue weighted by Gasteiger charge is 2.28. The molecule has 2 rings (SSSR count). The van der Waals surface area contributed by atoms with Crippen molar-refractivity contribution in [2.75, 3.05) is 37.7 Å². The maximum Gasteiger partial charge on any atom is 0.410 e. The molecule has 0 radical (unpaired) electrons. The van der Waals surface area contributed by atoms with E-state index in [1.165, 1.54) is 23.5 Å². The number of nitrogens with one attached hydrogen (secondary N) is 2. The van der Waals surface area contributed by atoms with Gasteiger partial charge in [-0.3, -0.25) is 5.41 Å². The molecule has 2 amide bonds. The van der Waals surface area contributed by atoms with Gasteiger partial charge in [0.25, 0.3) is 0 Å². The van der Waals surface area contributed by atoms with Gasteiger partial charge in [0.15, 0.2) is 15.4 Å². The van der Waals surface area contributed by atoms with Crippen molar-refractivity contribution in [3.05, 3.63) is 0 Å². The summed E-state index contributed by atoms with van der Waals surface area (Å²) in [6.45, 7) is 17.9. The lowest BCUT2D eigenvalue weighted by Crippen LogP contribution is -2.47. The average Bonchev–Trinajstić information content (AvgIpc) is 2.88. The van der Waals surface area contributed by atoms with Crippen LogP contribution in [0.4, 0.5) is 9.59 Å². The molecule has 0 spiro atoms. The Morgan fingerprint density at radius 3 is 1.67 bits per heavy atom. The Morgan fingerprint density at radius 2 is 1.33 bits per heavy atom. The Kier molecular flexibility index (Phi) is 23.2. The van der Waals surface area contributed by atoms with Crippen LogP contribution in [0.15, 0.2) is 9.98 Å². The van der Waals surface area contributed by atoms with Crippen molar-refractivity contribution in [1.29, 1.82) is 5.41 Å². The van der Waals surface area contributed by atoms with Gasteiger partial charge in [-0.2, -0.15) is 4.99 Å². The van der Waals surface area contributed by atoms with Crippen LogP contribution in [0.3, 0.4) is 0 Å². The topological polar surface area (TPSA) is 172 Å². The standard InChI is InChI=1S/C14H26N4O2S2.C11H18N2O2S.C3H8N2S.CH4/c1-5-22-11(15)17-12(21)16-10-6-8-18(9-7-10)13(19)20-14(2,3)4;1-11(2,3)15-10(14)13-6-4-9(5-7-13)12-8-16;1-2-6-3(4)5;/h10H,5-9H2,1-4H3,(H3,15,16,17,21);9H,4-7H2,1-3H3;2H2,1H3,(H3,4,5);1H4. The molecule has 2 saturated heterocycles. The minimum Gasteiger partial charge on any atom is -0.444 e. The SMILES string of the molecule is C.CC(C)(C)OC(=O)N1CCC(N=C=S)CC1.CCSC(=N)N.CCSC(N)=NC(=S)NC1CCN(C(=O)OC(C)(C)C)CC1. The first kappa shape index (κ1) is 45.0. The third-order valence-corrected chi connectivity index (χ3v) is 7.22. The highest BCUT2D eigenvalue weighted by molar-refractivity contribution is 8.14. The van der Waals surface area contributed by atoms with E-state index in [4.69, 9.17) is 38.6 Å². The Bertz CT molecular complexity index is 995. The fraction of sp³-hybridized carbons (Fsp3) is 0.793. The number of rotatable bonds is 4. The van der Waals surface area contributed by atoms with Crippen molar-refractivity contribution in [3.63, 3.8) is 0 Å². The predicted octanol–water partition coefficient (Wildman–Crippen LogP) is 6.09. The fourth-order valence-corrected chi connectivity index (χ4v) is 4.99. The summed E-state index contributed by atoms with van der Waals surface area (Å²) in [5.41, 5.74) is 9.78. The van der Waals surface area contributed by atoms with Gasteiger partial charge in [-0.25, -0.2) is 14.6 Å². The van der Waals surface area contributed by atoms with Gasteiger partial charge in [0, 0.05) is 32.2 Å². The van der Waals surface area contributed by atoms with E-state index in [-0.39, 0.29) is 36.9 Å². The number of isothiocyanates is 1. The van der Waals surface area contributed by atoms with Gasteiger partial charge in [0.1, 0.15) is 11.2 Å². The van der Waals surface area contributed by atoms with Crippen LogP contribution < -0.4 is 16.8 Å². The molecule has 2 aliphatic heterocycles. The second-order valence-corrected chi connectivity index (χ2v) is 14.9. The molecule has 2 fully saturated rings. The number of amidine groups is 2. The van der Waals surface area contributed by atoms with E-state index in [0.717, 1.165) is 37.2 Å². The maximum atomic E-state index is 12.0. The Labute approximate surface area is 290 Å². The van der Waals surface area contributed by atoms with Gasteiger partial charge in [-0.1, -0.05) is 44.8 Å². The van der Waals surface area contributed by atoms with Crippen LogP contribution in [0, 0.1) is 5.41 Å². The highest BCUT2D eigenvalue weighted by atomic mass is 32.2. The lowest BCUT2D eigenvalue weighted by atomic mass is 10.1. The van der Waals surface area contributed by atoms with Gasteiger partial charge in [-0.15, -0.1) is 0 Å². The number of nitrogens with two attached hydrogens (primary N) is 2. The largest absolute Gasteiger partial charge is 0.444 e. The molecule has 0 aromatic carbocycles. The summed E-state index contributed by atoms with van der Waals surface area (Å²) in [7, 11) is 0. The molecule has 260 valence electrons. The molecule has 0 bridgehead atoms. The van der Waals surface area contributed by atoms with E-state index in [1.54, 1.807) is 9.80 Å². The van der Waals surface area contributed by atoms with E-state index in [0.29, 0.717) is 36.5 Å². The van der Waals surface area contributed by atoms with E-state index < -0.39 is 11.2 Å². The predicted molar refractivity (Wildman–Crippen MR) is 199 cm³/mol. The molecule has 45 heavy (non-hydrogen) atoms. The first-order valence-electron chi connectivity index (χ1n) is 14.7. The molecule has 0 aromatic heterocycles. The summed E-state index contributed by atoms with van der Waals surface area (Å²) in [5.74, 6) is 1.77. The second kappa shape index (κ2) is 23.2. The highest BCUT2D eigenvalue weighted by Crippen LogP contribution is 2.17. The number of nitrogens with zero attached hydrogens (tertiary/aromatic N) is 4. The number of aliphatic imine (C=N–C) groups is 2. The fourth-order valence-electron chi connectivity index (χ4n) is 3.75. The molecule has 2 aliphatic rings. The average molecular weight is 709 g/mol. The zero-order chi connectivity index (χ0) is 33.9. The van der Waals surface area contributed by atoms with Crippen LogP contribution in [-0.2, 0) is 9.47 Å². The number of ether oxygens (including phenoxy) is 2. The Morgan fingerprint density at radius 1 is 0.911 bits per heavy atom. The summed E-state index contributed by atoms with van der Waals surface area (Å²) in [5, 5.41) is 13.3. The zero-order valence-corrected chi connectivity index (χ0v) is 30.7. The molecule has 0 unspecified atom stereocenters. The summed E-state index contributed by atoms with van der Waals surface area (Å²) < 4.78 is 10.7. The third kappa shape index (κ3) is 23.8. The van der Waals surface area contributed by atoms with Crippen molar-refractivity contribution in [1.82, 2.24) is 15.1 Å². The second-order valence-electron chi connectivity index (χ2n) is 11.8. The molecule has 2 heterocycles. The summed E-state index contributed by atoms with van der Waals surface area (Å²) in [6.07, 6.45) is 2.81. The number of thiocarbonyl (C=S) groups is 2. The van der Waals surface area contributed by atoms with E-state index >= 15 is 0 Å². The Hall–Kier alpha value is -2.13. The number of likely N-dealkylation sites (tertiary alicyclic amines) is 2. The molecule has 0 saturated carbocycles. The van der Waals surface area contributed by atoms with Gasteiger partial charge in [0.2, 0.25) is 0 Å². The van der Waals surface area contributed by atoms with Crippen molar-refractivity contribution >= 4 is 80.8 Å². The first-order valence-corrected chi connectivity index (χ1v) is 17.5. The van der Waals surface area contributed by atoms with Crippen LogP contribution in [0.1, 0.15) is 88.5 Å². The van der Waals surface area contributed by atoms with E-state index in [9.17, 15) is 9.59 Å². The van der Waals surface area contributed by atoms with Gasteiger partial charge in [-0.05, 0) is 103 Å². The number of thioether (sulfide) groups is 2. The number of carbonyl (C=O) groups is 2. The van der Waals surface area contributed by atoms with Crippen molar-refractivity contribution in [2.24, 2.45) is 21.5 Å². The van der Waals surface area contributed by atoms with Gasteiger partial charge < -0.3 is 36.1 Å². The molecule has 0 aliphatic carbocycles. The smallest absolute Gasteiger partial charge is 0.410 e. The molecular formula is C29H56N8O4S4. The summed E-state index contributed by atoms with van der Waals surface area (Å²) in [4.78, 5) is 35.3. The van der Waals surface area contributed by atoms with Crippen LogP contribution in [0.25, 0.3) is 0 Å².